The van der Waals surface area contributed by atoms with Crippen molar-refractivity contribution in [1.29, 1.82) is 5.41 Å². The molecule has 0 saturated heterocycles. The van der Waals surface area contributed by atoms with Crippen LogP contribution >= 0.6 is 11.6 Å². The molecule has 31 heavy (non-hydrogen) atoms. The van der Waals surface area contributed by atoms with Crippen molar-refractivity contribution in [3.63, 3.8) is 0 Å². The van der Waals surface area contributed by atoms with Crippen LogP contribution in [0.5, 0.6) is 0 Å². The largest absolute Gasteiger partial charge is 0.363 e. The van der Waals surface area contributed by atoms with Crippen molar-refractivity contribution in [3.8, 4) is 0 Å². The van der Waals surface area contributed by atoms with Crippen LogP contribution in [0.2, 0.25) is 5.02 Å². The van der Waals surface area contributed by atoms with Gasteiger partial charge in [0.25, 0.3) is 11.8 Å². The van der Waals surface area contributed by atoms with E-state index in [1.165, 1.54) is 6.20 Å². The third kappa shape index (κ3) is 5.26. The van der Waals surface area contributed by atoms with E-state index in [4.69, 9.17) is 17.0 Å². The zero-order valence-corrected chi connectivity index (χ0v) is 18.1. The number of pyridine rings is 1. The highest BCUT2D eigenvalue weighted by atomic mass is 35.5. The number of nitrogens with one attached hydrogen (secondary N) is 3. The molecule has 7 nitrogen and oxygen atoms in total. The van der Waals surface area contributed by atoms with Crippen LogP contribution in [0.3, 0.4) is 0 Å². The lowest BCUT2D eigenvalue weighted by molar-refractivity contribution is 0.102. The first kappa shape index (κ1) is 22.0. The third-order valence-electron chi connectivity index (χ3n) is 4.59. The molecule has 0 unspecified atom stereocenters. The van der Waals surface area contributed by atoms with Crippen molar-refractivity contribution in [2.45, 2.75) is 6.92 Å². The van der Waals surface area contributed by atoms with Crippen molar-refractivity contribution in [1.82, 2.24) is 9.88 Å². The normalized spacial score (nSPS) is 10.3. The van der Waals surface area contributed by atoms with Gasteiger partial charge in [-0.05, 0) is 42.8 Å². The molecule has 0 fully saturated rings. The van der Waals surface area contributed by atoms with Crippen LogP contribution in [-0.4, -0.2) is 41.6 Å². The average molecular weight is 436 g/mol. The summed E-state index contributed by atoms with van der Waals surface area (Å²) in [4.78, 5) is 31.4. The third-order valence-corrected chi connectivity index (χ3v) is 4.82. The lowest BCUT2D eigenvalue weighted by atomic mass is 10.1. The highest BCUT2D eigenvalue weighted by Gasteiger charge is 2.17. The summed E-state index contributed by atoms with van der Waals surface area (Å²) in [6, 6.07) is 15.2. The van der Waals surface area contributed by atoms with Crippen molar-refractivity contribution >= 4 is 40.8 Å². The van der Waals surface area contributed by atoms with Gasteiger partial charge < -0.3 is 15.5 Å². The Morgan fingerprint density at radius 1 is 0.935 bits per heavy atom. The summed E-state index contributed by atoms with van der Waals surface area (Å²) in [6.07, 6.45) is 1.44. The summed E-state index contributed by atoms with van der Waals surface area (Å²) in [5, 5.41) is 14.0. The Labute approximate surface area is 185 Å². The van der Waals surface area contributed by atoms with E-state index in [-0.39, 0.29) is 5.91 Å². The van der Waals surface area contributed by atoms with Gasteiger partial charge in [0.1, 0.15) is 11.7 Å². The lowest BCUT2D eigenvalue weighted by Crippen LogP contribution is -2.22. The topological polar surface area (TPSA) is 98.2 Å². The Kier molecular flexibility index (Phi) is 6.67. The van der Waals surface area contributed by atoms with Gasteiger partial charge in [-0.3, -0.25) is 15.0 Å². The SMILES string of the molecule is Cc1cccc(C(=O)Nc2ccc(Cl)cn2)c1NC(=O)c1ccc(C(=N)N(C)C)cc1. The average Bonchev–Trinajstić information content (AvgIpc) is 2.76. The van der Waals surface area contributed by atoms with E-state index >= 15 is 0 Å². The Morgan fingerprint density at radius 3 is 2.23 bits per heavy atom. The van der Waals surface area contributed by atoms with Gasteiger partial charge in [0.05, 0.1) is 16.3 Å². The minimum atomic E-state index is -0.399. The Morgan fingerprint density at radius 2 is 1.61 bits per heavy atom. The molecule has 0 aliphatic heterocycles. The van der Waals surface area contributed by atoms with Gasteiger partial charge in [-0.2, -0.15) is 0 Å². The van der Waals surface area contributed by atoms with E-state index in [0.717, 1.165) is 5.56 Å². The number of nitrogens with zero attached hydrogens (tertiary/aromatic N) is 2. The molecule has 1 aromatic heterocycles. The van der Waals surface area contributed by atoms with Crippen LogP contribution in [0.4, 0.5) is 11.5 Å². The number of amides is 2. The molecule has 1 heterocycles. The quantitative estimate of drug-likeness (QED) is 0.407. The zero-order chi connectivity index (χ0) is 22.5. The fourth-order valence-corrected chi connectivity index (χ4v) is 2.99. The zero-order valence-electron chi connectivity index (χ0n) is 17.4. The molecule has 2 aromatic carbocycles. The number of carbonyl (C=O) groups is 2. The van der Waals surface area contributed by atoms with Crippen LogP contribution in [0.25, 0.3) is 0 Å². The second-order valence-corrected chi connectivity index (χ2v) is 7.52. The molecule has 0 aliphatic carbocycles. The van der Waals surface area contributed by atoms with Crippen LogP contribution in [-0.2, 0) is 0 Å². The molecule has 0 bridgehead atoms. The second-order valence-electron chi connectivity index (χ2n) is 7.09. The molecule has 0 radical (unpaired) electrons. The van der Waals surface area contributed by atoms with Crippen LogP contribution < -0.4 is 10.6 Å². The van der Waals surface area contributed by atoms with Gasteiger partial charge in [0, 0.05) is 31.4 Å². The maximum Gasteiger partial charge on any atom is 0.258 e. The van der Waals surface area contributed by atoms with Gasteiger partial charge in [-0.1, -0.05) is 35.9 Å². The van der Waals surface area contributed by atoms with Crippen molar-refractivity contribution in [2.24, 2.45) is 0 Å². The van der Waals surface area contributed by atoms with Crippen LogP contribution in [0, 0.1) is 12.3 Å². The summed E-state index contributed by atoms with van der Waals surface area (Å²) in [5.74, 6) is -0.0488. The fraction of sp³-hybridized carbons (Fsp3) is 0.130. The molecule has 3 aromatic rings. The Bertz CT molecular complexity index is 1130. The first-order chi connectivity index (χ1) is 14.8. The first-order valence-electron chi connectivity index (χ1n) is 9.46. The minimum Gasteiger partial charge on any atom is -0.363 e. The van der Waals surface area contributed by atoms with Crippen LogP contribution in [0.1, 0.15) is 31.8 Å². The first-order valence-corrected chi connectivity index (χ1v) is 9.84. The van der Waals surface area contributed by atoms with Crippen molar-refractivity contribution < 1.29 is 9.59 Å². The number of hydrogen-bond acceptors (Lipinski definition) is 4. The molecule has 0 aliphatic rings. The highest BCUT2D eigenvalue weighted by molar-refractivity contribution is 6.30. The minimum absolute atomic E-state index is 0.316. The molecule has 0 saturated carbocycles. The second kappa shape index (κ2) is 9.40. The number of para-hydroxylation sites is 1. The Balaban J connectivity index is 1.81. The predicted molar refractivity (Wildman–Crippen MR) is 123 cm³/mol. The lowest BCUT2D eigenvalue weighted by Gasteiger charge is -2.15. The maximum absolute atomic E-state index is 12.8. The van der Waals surface area contributed by atoms with E-state index in [9.17, 15) is 9.59 Å². The maximum atomic E-state index is 12.8. The predicted octanol–water partition coefficient (Wildman–Crippen LogP) is 4.43. The molecular weight excluding hydrogens is 414 g/mol. The van der Waals surface area contributed by atoms with Gasteiger partial charge in [-0.15, -0.1) is 0 Å². The van der Waals surface area contributed by atoms with Gasteiger partial charge >= 0.3 is 0 Å². The van der Waals surface area contributed by atoms with Crippen molar-refractivity contribution in [3.05, 3.63) is 88.1 Å². The number of rotatable bonds is 5. The standard InChI is InChI=1S/C23H22ClN5O2/c1-14-5-4-6-18(23(31)27-19-12-11-17(24)13-26-19)20(14)28-22(30)16-9-7-15(8-10-16)21(25)29(2)3/h4-13,25H,1-3H3,(H,28,30)(H,26,27,31). The molecule has 0 atom stereocenters. The van der Waals surface area contributed by atoms with E-state index in [1.54, 1.807) is 67.5 Å². The molecule has 0 spiro atoms. The van der Waals surface area contributed by atoms with Crippen molar-refractivity contribution in [2.75, 3.05) is 24.7 Å². The fourth-order valence-electron chi connectivity index (χ4n) is 2.88. The molecule has 8 heteroatoms. The molecule has 2 amide bonds. The van der Waals surface area contributed by atoms with Gasteiger partial charge in [0.2, 0.25) is 0 Å². The van der Waals surface area contributed by atoms with Crippen LogP contribution in [0.15, 0.2) is 60.8 Å². The molecule has 158 valence electrons. The van der Waals surface area contributed by atoms with E-state index in [0.29, 0.717) is 39.1 Å². The summed E-state index contributed by atoms with van der Waals surface area (Å²) in [6.45, 7) is 1.81. The van der Waals surface area contributed by atoms with Gasteiger partial charge in [0.15, 0.2) is 0 Å². The number of anilines is 2. The Hall–Kier alpha value is -3.71. The summed E-state index contributed by atoms with van der Waals surface area (Å²) in [7, 11) is 3.57. The monoisotopic (exact) mass is 435 g/mol. The molecule has 3 rings (SSSR count). The summed E-state index contributed by atoms with van der Waals surface area (Å²) < 4.78 is 0. The smallest absolute Gasteiger partial charge is 0.258 e. The number of halogens is 1. The number of aryl methyl sites for hydroxylation is 1. The molecule has 3 N–H and O–H groups in total. The van der Waals surface area contributed by atoms with E-state index < -0.39 is 5.91 Å². The summed E-state index contributed by atoms with van der Waals surface area (Å²) in [5.41, 5.74) is 2.61. The highest BCUT2D eigenvalue weighted by Crippen LogP contribution is 2.23. The van der Waals surface area contributed by atoms with E-state index in [1.807, 2.05) is 13.0 Å². The number of hydrogen-bond donors (Lipinski definition) is 3. The number of benzene rings is 2. The number of aromatic nitrogens is 1. The van der Waals surface area contributed by atoms with Gasteiger partial charge in [-0.25, -0.2) is 4.98 Å². The summed E-state index contributed by atoms with van der Waals surface area (Å²) >= 11 is 5.83. The number of amidine groups is 1. The molecular formula is C23H22ClN5O2. The number of carbonyl (C=O) groups excluding carboxylic acids is 2. The van der Waals surface area contributed by atoms with E-state index in [2.05, 4.69) is 15.6 Å².